The predicted molar refractivity (Wildman–Crippen MR) is 39.6 cm³/mol. The van der Waals surface area contributed by atoms with Crippen molar-refractivity contribution in [2.45, 2.75) is 0 Å². The second kappa shape index (κ2) is 3.06. The lowest BCUT2D eigenvalue weighted by atomic mass is 10.1. The van der Waals surface area contributed by atoms with E-state index in [9.17, 15) is 0 Å². The van der Waals surface area contributed by atoms with E-state index < -0.39 is 0 Å². The summed E-state index contributed by atoms with van der Waals surface area (Å²) in [6.45, 7) is 0. The lowest BCUT2D eigenvalue weighted by Crippen LogP contribution is -2.09. The predicted octanol–water partition coefficient (Wildman–Crippen LogP) is 0.727. The molecule has 0 saturated heterocycles. The van der Waals surface area contributed by atoms with Gasteiger partial charge in [-0.05, 0) is 5.56 Å². The number of benzene rings is 1. The Morgan fingerprint density at radius 2 is 2.27 bits per heavy atom. The Kier molecular flexibility index (Phi) is 2.12. The molecule has 0 unspecified atom stereocenters. The Bertz CT molecular complexity index is 288. The molecule has 0 radical (unpaired) electrons. The molecule has 0 aromatic heterocycles. The van der Waals surface area contributed by atoms with Crippen molar-refractivity contribution >= 4 is 0 Å². The third-order valence-corrected chi connectivity index (χ3v) is 1.29. The van der Waals surface area contributed by atoms with E-state index in [2.05, 4.69) is 0 Å². The summed E-state index contributed by atoms with van der Waals surface area (Å²) in [6, 6.07) is 8.41. The normalized spacial score (nSPS) is 8.82. The van der Waals surface area contributed by atoms with Crippen LogP contribution in [0.3, 0.4) is 0 Å². The van der Waals surface area contributed by atoms with Crippen LogP contribution in [0.25, 0.3) is 0 Å². The molecule has 3 nitrogen and oxygen atoms in total. The van der Waals surface area contributed by atoms with Crippen LogP contribution >= 0.6 is 0 Å². The summed E-state index contributed by atoms with van der Waals surface area (Å²) in [5.41, 5.74) is 6.06. The first-order valence-corrected chi connectivity index (χ1v) is 3.06. The summed E-state index contributed by atoms with van der Waals surface area (Å²) in [4.78, 5) is 0. The zero-order valence-corrected chi connectivity index (χ0v) is 5.78. The number of nitrogens with two attached hydrogens (primary N) is 1. The molecule has 3 N–H and O–H groups in total. The number of aliphatic hydroxyl groups is 1. The van der Waals surface area contributed by atoms with Gasteiger partial charge < -0.3 is 10.8 Å². The van der Waals surface area contributed by atoms with E-state index in [-0.39, 0.29) is 6.23 Å². The van der Waals surface area contributed by atoms with Gasteiger partial charge >= 0.3 is 0 Å². The van der Waals surface area contributed by atoms with Gasteiger partial charge in [0.15, 0.2) is 0 Å². The highest BCUT2D eigenvalue weighted by molar-refractivity contribution is 5.36. The zero-order valence-electron chi connectivity index (χ0n) is 5.78. The molecule has 0 saturated carbocycles. The Morgan fingerprint density at radius 3 is 2.82 bits per heavy atom. The third-order valence-electron chi connectivity index (χ3n) is 1.29. The molecule has 1 rings (SSSR count). The van der Waals surface area contributed by atoms with Gasteiger partial charge in [-0.1, -0.05) is 6.07 Å². The molecule has 0 fully saturated rings. The highest BCUT2D eigenvalue weighted by Gasteiger charge is 1.90. The van der Waals surface area contributed by atoms with Gasteiger partial charge in [-0.25, -0.2) is 0 Å². The first-order valence-electron chi connectivity index (χ1n) is 3.06. The molecule has 1 aromatic rings. The van der Waals surface area contributed by atoms with Crippen molar-refractivity contribution in [2.24, 2.45) is 5.73 Å². The van der Waals surface area contributed by atoms with Gasteiger partial charge in [-0.3, -0.25) is 0 Å². The van der Waals surface area contributed by atoms with Crippen molar-refractivity contribution in [3.63, 3.8) is 0 Å². The van der Waals surface area contributed by atoms with E-state index >= 15 is 0 Å². The fourth-order valence-electron chi connectivity index (χ4n) is 0.748. The topological polar surface area (TPSA) is 70.0 Å². The average molecular weight is 147 g/mol. The Hall–Kier alpha value is -1.50. The molecular formula is C8H7N2O-. The lowest BCUT2D eigenvalue weighted by molar-refractivity contribution is 0.330. The monoisotopic (exact) mass is 147 g/mol. The molecule has 11 heavy (non-hydrogen) atoms. The molecule has 56 valence electrons. The molecule has 0 aliphatic rings. The Labute approximate surface area is 64.7 Å². The summed E-state index contributed by atoms with van der Waals surface area (Å²) in [7, 11) is 0. The molecule has 1 aromatic carbocycles. The summed E-state index contributed by atoms with van der Waals surface area (Å²) < 4.78 is 0. The van der Waals surface area contributed by atoms with Crippen molar-refractivity contribution in [3.05, 3.63) is 41.6 Å². The molecule has 0 aliphatic carbocycles. The maximum absolute atomic E-state index is 8.83. The van der Waals surface area contributed by atoms with Crippen molar-refractivity contribution in [2.75, 3.05) is 0 Å². The van der Waals surface area contributed by atoms with Crippen molar-refractivity contribution in [1.82, 2.24) is 0 Å². The number of nitriles is 1. The first kappa shape index (κ1) is 7.61. The third kappa shape index (κ3) is 1.71. The van der Waals surface area contributed by atoms with Crippen LogP contribution in [0.15, 0.2) is 24.3 Å². The standard InChI is InChI=1S/C8H7N2O/c9-5-6-2-1-3-7(4-6)8(10)11/h1-4,11H,10H2/q-1. The maximum atomic E-state index is 8.83. The van der Waals surface area contributed by atoms with Crippen LogP contribution in [0.1, 0.15) is 11.1 Å². The number of rotatable bonds is 1. The van der Waals surface area contributed by atoms with Crippen molar-refractivity contribution < 1.29 is 5.11 Å². The molecule has 0 amide bonds. The molecule has 0 atom stereocenters. The van der Waals surface area contributed by atoms with Crippen LogP contribution in [0, 0.1) is 17.6 Å². The SMILES string of the molecule is N#Cc1cccc([C-](N)O)c1. The van der Waals surface area contributed by atoms with Gasteiger partial charge in [0.05, 0.1) is 6.07 Å². The van der Waals surface area contributed by atoms with Crippen LogP contribution in [0.5, 0.6) is 0 Å². The minimum atomic E-state index is -0.262. The smallest absolute Gasteiger partial charge is 0.0856 e. The molecule has 0 bridgehead atoms. The Balaban J connectivity index is 3.03. The van der Waals surface area contributed by atoms with Crippen LogP contribution < -0.4 is 5.73 Å². The fourth-order valence-corrected chi connectivity index (χ4v) is 0.748. The highest BCUT2D eigenvalue weighted by Crippen LogP contribution is 2.08. The number of nitrogens with zero attached hydrogens (tertiary/aromatic N) is 1. The largest absolute Gasteiger partial charge is 0.411 e. The van der Waals surface area contributed by atoms with Crippen LogP contribution in [-0.4, -0.2) is 5.11 Å². The Morgan fingerprint density at radius 1 is 1.55 bits per heavy atom. The van der Waals surface area contributed by atoms with Gasteiger partial charge in [-0.15, -0.1) is 17.7 Å². The lowest BCUT2D eigenvalue weighted by Gasteiger charge is -2.12. The molecule has 3 heteroatoms. The first-order chi connectivity index (χ1) is 5.24. The van der Waals surface area contributed by atoms with E-state index in [1.807, 2.05) is 6.07 Å². The quantitative estimate of drug-likeness (QED) is 0.575. The van der Waals surface area contributed by atoms with Gasteiger partial charge in [0.25, 0.3) is 0 Å². The van der Waals surface area contributed by atoms with E-state index in [0.29, 0.717) is 11.1 Å². The van der Waals surface area contributed by atoms with Gasteiger partial charge in [0.1, 0.15) is 0 Å². The molecular weight excluding hydrogens is 140 g/mol. The van der Waals surface area contributed by atoms with E-state index in [1.54, 1.807) is 18.2 Å². The average Bonchev–Trinajstić information content (AvgIpc) is 2.05. The van der Waals surface area contributed by atoms with Crippen LogP contribution in [-0.2, 0) is 0 Å². The van der Waals surface area contributed by atoms with Crippen LogP contribution in [0.4, 0.5) is 0 Å². The minimum Gasteiger partial charge on any atom is -0.411 e. The second-order valence-corrected chi connectivity index (χ2v) is 2.08. The van der Waals surface area contributed by atoms with Crippen molar-refractivity contribution in [3.8, 4) is 6.07 Å². The summed E-state index contributed by atoms with van der Waals surface area (Å²) in [6.07, 6.45) is -0.262. The highest BCUT2D eigenvalue weighted by atomic mass is 16.3. The maximum Gasteiger partial charge on any atom is 0.0856 e. The second-order valence-electron chi connectivity index (χ2n) is 2.08. The molecule has 0 aliphatic heterocycles. The van der Waals surface area contributed by atoms with Gasteiger partial charge in [0, 0.05) is 6.23 Å². The van der Waals surface area contributed by atoms with Crippen molar-refractivity contribution in [1.29, 1.82) is 5.26 Å². The van der Waals surface area contributed by atoms with Crippen LogP contribution in [0.2, 0.25) is 0 Å². The van der Waals surface area contributed by atoms with E-state index in [0.717, 1.165) is 0 Å². The zero-order chi connectivity index (χ0) is 8.27. The fraction of sp³-hybridized carbons (Fsp3) is 0. The molecule has 0 heterocycles. The number of aliphatic hydroxyl groups excluding tert-OH is 1. The minimum absolute atomic E-state index is 0.262. The number of hydrogen-bond acceptors (Lipinski definition) is 3. The summed E-state index contributed by atoms with van der Waals surface area (Å²) >= 11 is 0. The van der Waals surface area contributed by atoms with E-state index in [4.69, 9.17) is 16.1 Å². The number of hydrogen-bond donors (Lipinski definition) is 2. The molecule has 0 spiro atoms. The van der Waals surface area contributed by atoms with Gasteiger partial charge in [0.2, 0.25) is 0 Å². The van der Waals surface area contributed by atoms with E-state index in [1.165, 1.54) is 6.07 Å². The summed E-state index contributed by atoms with van der Waals surface area (Å²) in [5.74, 6) is 0. The van der Waals surface area contributed by atoms with Gasteiger partial charge in [-0.2, -0.15) is 11.3 Å². The summed E-state index contributed by atoms with van der Waals surface area (Å²) in [5, 5.41) is 17.3.